The molecule has 2 atom stereocenters. The highest BCUT2D eigenvalue weighted by Crippen LogP contribution is 2.13. The van der Waals surface area contributed by atoms with E-state index in [2.05, 4.69) is 9.44 Å². The summed E-state index contributed by atoms with van der Waals surface area (Å²) >= 11 is 3.27. The molecular formula is C26H40N2O6S4. The summed E-state index contributed by atoms with van der Waals surface area (Å²) in [5, 5.41) is 0. The van der Waals surface area contributed by atoms with E-state index in [0.717, 1.165) is 22.6 Å². The number of thioether (sulfide) groups is 2. The van der Waals surface area contributed by atoms with E-state index in [9.17, 15) is 16.8 Å². The van der Waals surface area contributed by atoms with E-state index in [1.165, 1.54) is 0 Å². The lowest BCUT2D eigenvalue weighted by molar-refractivity contribution is 0.0605. The fourth-order valence-electron chi connectivity index (χ4n) is 3.25. The van der Waals surface area contributed by atoms with Gasteiger partial charge in [0.15, 0.2) is 0 Å². The highest BCUT2D eigenvalue weighted by atomic mass is 32.2. The summed E-state index contributed by atoms with van der Waals surface area (Å²) in [6, 6.07) is 13.2. The van der Waals surface area contributed by atoms with Crippen molar-refractivity contribution in [2.45, 2.75) is 49.6 Å². The first-order valence-corrected chi connectivity index (χ1v) is 17.8. The van der Waals surface area contributed by atoms with E-state index in [4.69, 9.17) is 9.47 Å². The number of hydrogen-bond donors (Lipinski definition) is 2. The number of benzene rings is 2. The summed E-state index contributed by atoms with van der Waals surface area (Å²) in [7, 11) is -7.02. The molecule has 0 saturated carbocycles. The van der Waals surface area contributed by atoms with Gasteiger partial charge in [0.05, 0.1) is 36.2 Å². The lowest BCUT2D eigenvalue weighted by Crippen LogP contribution is -2.34. The zero-order valence-corrected chi connectivity index (χ0v) is 25.8. The lowest BCUT2D eigenvalue weighted by Gasteiger charge is -2.14. The summed E-state index contributed by atoms with van der Waals surface area (Å²) in [4.78, 5) is 0.554. The molecule has 0 heterocycles. The summed E-state index contributed by atoms with van der Waals surface area (Å²) in [5.41, 5.74) is 2.03. The molecule has 2 rings (SSSR count). The van der Waals surface area contributed by atoms with Crippen molar-refractivity contribution in [3.05, 3.63) is 59.7 Å². The van der Waals surface area contributed by atoms with Crippen LogP contribution in [0.25, 0.3) is 0 Å². The Morgan fingerprint density at radius 2 is 0.974 bits per heavy atom. The van der Waals surface area contributed by atoms with Crippen molar-refractivity contribution in [2.24, 2.45) is 0 Å². The van der Waals surface area contributed by atoms with Crippen LogP contribution in [0.3, 0.4) is 0 Å². The number of nitrogens with one attached hydrogen (secondary N) is 2. The second-order valence-electron chi connectivity index (χ2n) is 9.05. The maximum Gasteiger partial charge on any atom is 0.240 e. The Morgan fingerprint density at radius 1 is 0.632 bits per heavy atom. The van der Waals surface area contributed by atoms with Crippen LogP contribution in [-0.2, 0) is 29.5 Å². The van der Waals surface area contributed by atoms with Crippen molar-refractivity contribution >= 4 is 43.6 Å². The second-order valence-corrected chi connectivity index (χ2v) is 14.8. The Morgan fingerprint density at radius 3 is 1.32 bits per heavy atom. The van der Waals surface area contributed by atoms with E-state index >= 15 is 0 Å². The van der Waals surface area contributed by atoms with Crippen molar-refractivity contribution in [3.63, 3.8) is 0 Å². The highest BCUT2D eigenvalue weighted by molar-refractivity contribution is 7.99. The van der Waals surface area contributed by atoms with E-state index in [1.54, 1.807) is 72.1 Å². The Bertz CT molecular complexity index is 1060. The van der Waals surface area contributed by atoms with Crippen molar-refractivity contribution in [1.29, 1.82) is 0 Å². The predicted octanol–water partition coefficient (Wildman–Crippen LogP) is 3.84. The van der Waals surface area contributed by atoms with E-state index in [0.29, 0.717) is 37.9 Å². The molecule has 0 radical (unpaired) electrons. The maximum atomic E-state index is 12.4. The van der Waals surface area contributed by atoms with Crippen LogP contribution in [0.2, 0.25) is 0 Å². The van der Waals surface area contributed by atoms with E-state index in [-0.39, 0.29) is 21.9 Å². The molecular weight excluding hydrogens is 565 g/mol. The molecule has 2 N–H and O–H groups in total. The van der Waals surface area contributed by atoms with Crippen molar-refractivity contribution < 1.29 is 26.3 Å². The number of sulfonamides is 2. The van der Waals surface area contributed by atoms with Crippen molar-refractivity contribution in [2.75, 3.05) is 49.4 Å². The smallest absolute Gasteiger partial charge is 0.240 e. The molecule has 0 bridgehead atoms. The fourth-order valence-corrected chi connectivity index (χ4v) is 7.62. The van der Waals surface area contributed by atoms with Crippen LogP contribution in [0.15, 0.2) is 58.3 Å². The number of hydrogen-bond acceptors (Lipinski definition) is 8. The first-order chi connectivity index (χ1) is 18.0. The number of ether oxygens (including phenoxy) is 2. The van der Waals surface area contributed by atoms with Gasteiger partial charge in [0, 0.05) is 35.1 Å². The molecule has 0 fully saturated rings. The van der Waals surface area contributed by atoms with Crippen LogP contribution in [0.4, 0.5) is 0 Å². The SMILES string of the molecule is Cc1ccc(S(=O)(=O)N[C@@H](C)CSCCOCCOCCSC[C@H](C)NS(=O)(=O)c2ccc(C)cc2)cc1. The van der Waals surface area contributed by atoms with Gasteiger partial charge in [-0.25, -0.2) is 26.3 Å². The van der Waals surface area contributed by atoms with Crippen LogP contribution in [0, 0.1) is 13.8 Å². The summed E-state index contributed by atoms with van der Waals surface area (Å²) in [6.45, 7) is 9.67. The van der Waals surface area contributed by atoms with Crippen LogP contribution < -0.4 is 9.44 Å². The molecule has 2 aromatic rings. The zero-order chi connectivity index (χ0) is 28.0. The molecule has 0 aliphatic carbocycles. The van der Waals surface area contributed by atoms with Gasteiger partial charge in [-0.05, 0) is 52.0 Å². The van der Waals surface area contributed by atoms with Crippen LogP contribution in [-0.4, -0.2) is 78.4 Å². The fraction of sp³-hybridized carbons (Fsp3) is 0.538. The van der Waals surface area contributed by atoms with Gasteiger partial charge >= 0.3 is 0 Å². The third-order valence-corrected chi connectivity index (χ3v) is 10.8. The van der Waals surface area contributed by atoms with Crippen LogP contribution >= 0.6 is 23.5 Å². The highest BCUT2D eigenvalue weighted by Gasteiger charge is 2.18. The number of aryl methyl sites for hydroxylation is 2. The molecule has 0 saturated heterocycles. The molecule has 2 aromatic carbocycles. The minimum absolute atomic E-state index is 0.187. The van der Waals surface area contributed by atoms with Gasteiger partial charge in [-0.15, -0.1) is 0 Å². The second kappa shape index (κ2) is 16.9. The first-order valence-electron chi connectivity index (χ1n) is 12.5. The van der Waals surface area contributed by atoms with Gasteiger partial charge in [0.2, 0.25) is 20.0 Å². The molecule has 0 unspecified atom stereocenters. The van der Waals surface area contributed by atoms with E-state index in [1.807, 2.05) is 27.7 Å². The first kappa shape index (κ1) is 33.1. The predicted molar refractivity (Wildman–Crippen MR) is 158 cm³/mol. The molecule has 8 nitrogen and oxygen atoms in total. The lowest BCUT2D eigenvalue weighted by atomic mass is 10.2. The zero-order valence-electron chi connectivity index (χ0n) is 22.5. The Hall–Kier alpha value is -1.12. The minimum atomic E-state index is -3.51. The molecule has 38 heavy (non-hydrogen) atoms. The van der Waals surface area contributed by atoms with Gasteiger partial charge in [0.1, 0.15) is 0 Å². The van der Waals surface area contributed by atoms with Crippen LogP contribution in [0.1, 0.15) is 25.0 Å². The normalized spacial score (nSPS) is 13.9. The minimum Gasteiger partial charge on any atom is -0.378 e. The molecule has 12 heteroatoms. The molecule has 0 aliphatic heterocycles. The van der Waals surface area contributed by atoms with Gasteiger partial charge in [-0.1, -0.05) is 35.4 Å². The van der Waals surface area contributed by atoms with Crippen LogP contribution in [0.5, 0.6) is 0 Å². The molecule has 0 spiro atoms. The van der Waals surface area contributed by atoms with Gasteiger partial charge < -0.3 is 9.47 Å². The Balaban J connectivity index is 1.44. The summed E-state index contributed by atoms with van der Waals surface area (Å²) in [6.07, 6.45) is 0. The number of rotatable bonds is 19. The molecule has 0 amide bonds. The topological polar surface area (TPSA) is 111 Å². The third kappa shape index (κ3) is 12.8. The van der Waals surface area contributed by atoms with Crippen molar-refractivity contribution in [3.8, 4) is 0 Å². The largest absolute Gasteiger partial charge is 0.378 e. The quantitative estimate of drug-likeness (QED) is 0.233. The summed E-state index contributed by atoms with van der Waals surface area (Å²) in [5.74, 6) is 2.84. The average Bonchev–Trinajstić information content (AvgIpc) is 2.84. The van der Waals surface area contributed by atoms with Crippen molar-refractivity contribution in [1.82, 2.24) is 9.44 Å². The van der Waals surface area contributed by atoms with E-state index < -0.39 is 20.0 Å². The molecule has 0 aromatic heterocycles. The molecule has 214 valence electrons. The standard InChI is InChI=1S/C26H40N2O6S4/c1-21-5-9-25(10-6-21)37(29,30)27-23(3)19-35-17-15-33-13-14-34-16-18-36-20-24(4)28-38(31,32)26-11-7-22(2)8-12-26/h5-12,23-24,27-28H,13-20H2,1-4H3/t23-,24-/m0/s1. The third-order valence-electron chi connectivity index (χ3n) is 5.23. The average molecular weight is 605 g/mol. The van der Waals surface area contributed by atoms with Gasteiger partial charge in [-0.3, -0.25) is 0 Å². The molecule has 0 aliphatic rings. The summed E-state index contributed by atoms with van der Waals surface area (Å²) < 4.78 is 66.2. The Labute approximate surface area is 237 Å². The van der Waals surface area contributed by atoms with Gasteiger partial charge in [0.25, 0.3) is 0 Å². The Kier molecular flexibility index (Phi) is 14.7. The van der Waals surface area contributed by atoms with Gasteiger partial charge in [-0.2, -0.15) is 23.5 Å². The maximum absolute atomic E-state index is 12.4. The monoisotopic (exact) mass is 604 g/mol.